The van der Waals surface area contributed by atoms with Crippen LogP contribution in [0.5, 0.6) is 5.75 Å². The molecular weight excluding hydrogens is 308 g/mol. The first-order valence-electron chi connectivity index (χ1n) is 6.87. The van der Waals surface area contributed by atoms with E-state index in [1.807, 2.05) is 36.6 Å². The van der Waals surface area contributed by atoms with Gasteiger partial charge in [-0.1, -0.05) is 12.1 Å². The Morgan fingerprint density at radius 3 is 2.35 bits per heavy atom. The molecule has 0 heterocycles. The van der Waals surface area contributed by atoms with E-state index in [-0.39, 0.29) is 5.57 Å². The lowest BCUT2D eigenvalue weighted by Gasteiger charge is -2.05. The van der Waals surface area contributed by atoms with Crippen LogP contribution in [-0.4, -0.2) is 19.3 Å². The standard InChI is InChI=1S/C18H16N2O2S/c1-22-16-7-5-15(6-8-16)20-18(21)14(12-19)11-13-3-9-17(23-2)10-4-13/h3-11H,1-2H3,(H,20,21)/b14-11+. The summed E-state index contributed by atoms with van der Waals surface area (Å²) in [5.41, 5.74) is 1.47. The molecule has 2 aromatic rings. The van der Waals surface area contributed by atoms with Crippen LogP contribution >= 0.6 is 11.8 Å². The zero-order chi connectivity index (χ0) is 16.7. The van der Waals surface area contributed by atoms with E-state index in [0.29, 0.717) is 11.4 Å². The number of hydrogen-bond acceptors (Lipinski definition) is 4. The summed E-state index contributed by atoms with van der Waals surface area (Å²) in [4.78, 5) is 13.3. The molecule has 0 saturated carbocycles. The number of methoxy groups -OCH3 is 1. The molecule has 0 aromatic heterocycles. The number of carbonyl (C=O) groups is 1. The van der Waals surface area contributed by atoms with Crippen LogP contribution in [0.1, 0.15) is 5.56 Å². The summed E-state index contributed by atoms with van der Waals surface area (Å²) in [5, 5.41) is 11.9. The number of nitrogens with one attached hydrogen (secondary N) is 1. The first-order chi connectivity index (χ1) is 11.2. The SMILES string of the molecule is COc1ccc(NC(=O)/C(C#N)=C/c2ccc(SC)cc2)cc1. The van der Waals surface area contributed by atoms with E-state index in [9.17, 15) is 10.1 Å². The number of anilines is 1. The fourth-order valence-corrected chi connectivity index (χ4v) is 2.30. The predicted molar refractivity (Wildman–Crippen MR) is 93.4 cm³/mol. The molecule has 2 rings (SSSR count). The van der Waals surface area contributed by atoms with Crippen molar-refractivity contribution in [3.8, 4) is 11.8 Å². The van der Waals surface area contributed by atoms with Gasteiger partial charge in [0.2, 0.25) is 0 Å². The third kappa shape index (κ3) is 4.63. The summed E-state index contributed by atoms with van der Waals surface area (Å²) in [6, 6.07) is 16.5. The molecule has 0 radical (unpaired) electrons. The van der Waals surface area contributed by atoms with Crippen LogP contribution < -0.4 is 10.1 Å². The van der Waals surface area contributed by atoms with Gasteiger partial charge in [-0.3, -0.25) is 4.79 Å². The summed E-state index contributed by atoms with van der Waals surface area (Å²) in [5.74, 6) is 0.263. The highest BCUT2D eigenvalue weighted by Crippen LogP contribution is 2.18. The van der Waals surface area contributed by atoms with Crippen molar-refractivity contribution in [2.75, 3.05) is 18.7 Å². The maximum atomic E-state index is 12.2. The molecule has 1 N–H and O–H groups in total. The molecular formula is C18H16N2O2S. The third-order valence-corrected chi connectivity index (χ3v) is 3.88. The van der Waals surface area contributed by atoms with Gasteiger partial charge in [-0.25, -0.2) is 0 Å². The second kappa shape index (κ2) is 8.06. The Bertz CT molecular complexity index is 744. The molecule has 0 unspecified atom stereocenters. The van der Waals surface area contributed by atoms with E-state index >= 15 is 0 Å². The van der Waals surface area contributed by atoms with Crippen molar-refractivity contribution in [1.29, 1.82) is 5.26 Å². The molecule has 116 valence electrons. The van der Waals surface area contributed by atoms with Gasteiger partial charge in [-0.2, -0.15) is 5.26 Å². The van der Waals surface area contributed by atoms with Crippen molar-refractivity contribution in [2.24, 2.45) is 0 Å². The molecule has 0 aliphatic rings. The van der Waals surface area contributed by atoms with Gasteiger partial charge in [0.1, 0.15) is 17.4 Å². The maximum absolute atomic E-state index is 12.2. The van der Waals surface area contributed by atoms with E-state index in [4.69, 9.17) is 4.74 Å². The molecule has 0 aliphatic carbocycles. The van der Waals surface area contributed by atoms with Gasteiger partial charge in [0.05, 0.1) is 7.11 Å². The lowest BCUT2D eigenvalue weighted by Crippen LogP contribution is -2.13. The summed E-state index contributed by atoms with van der Waals surface area (Å²) < 4.78 is 5.06. The topological polar surface area (TPSA) is 62.1 Å². The Hall–Kier alpha value is -2.71. The molecule has 23 heavy (non-hydrogen) atoms. The van der Waals surface area contributed by atoms with Crippen molar-refractivity contribution in [1.82, 2.24) is 0 Å². The number of carbonyl (C=O) groups excluding carboxylic acids is 1. The highest BCUT2D eigenvalue weighted by molar-refractivity contribution is 7.98. The second-order valence-corrected chi connectivity index (χ2v) is 5.51. The molecule has 0 saturated heterocycles. The average Bonchev–Trinajstić information content (AvgIpc) is 2.60. The van der Waals surface area contributed by atoms with Gasteiger partial charge in [0, 0.05) is 10.6 Å². The molecule has 0 fully saturated rings. The fraction of sp³-hybridized carbons (Fsp3) is 0.111. The van der Waals surface area contributed by atoms with Gasteiger partial charge in [-0.15, -0.1) is 11.8 Å². The van der Waals surface area contributed by atoms with Crippen LogP contribution in [0.4, 0.5) is 5.69 Å². The molecule has 0 aliphatic heterocycles. The van der Waals surface area contributed by atoms with E-state index in [1.54, 1.807) is 49.2 Å². The van der Waals surface area contributed by atoms with E-state index < -0.39 is 5.91 Å². The lowest BCUT2D eigenvalue weighted by atomic mass is 10.1. The number of hydrogen-bond donors (Lipinski definition) is 1. The molecule has 4 nitrogen and oxygen atoms in total. The molecule has 0 bridgehead atoms. The van der Waals surface area contributed by atoms with Gasteiger partial charge >= 0.3 is 0 Å². The Morgan fingerprint density at radius 2 is 1.83 bits per heavy atom. The number of nitriles is 1. The average molecular weight is 324 g/mol. The minimum atomic E-state index is -0.438. The Labute approximate surface area is 139 Å². The monoisotopic (exact) mass is 324 g/mol. The number of thioether (sulfide) groups is 1. The second-order valence-electron chi connectivity index (χ2n) is 4.63. The number of ether oxygens (including phenoxy) is 1. The molecule has 1 amide bonds. The maximum Gasteiger partial charge on any atom is 0.266 e. The Balaban J connectivity index is 2.13. The van der Waals surface area contributed by atoms with E-state index in [2.05, 4.69) is 5.32 Å². The molecule has 0 atom stereocenters. The minimum Gasteiger partial charge on any atom is -0.497 e. The minimum absolute atomic E-state index is 0.0534. The van der Waals surface area contributed by atoms with Gasteiger partial charge < -0.3 is 10.1 Å². The van der Waals surface area contributed by atoms with Crippen LogP contribution in [-0.2, 0) is 4.79 Å². The highest BCUT2D eigenvalue weighted by Gasteiger charge is 2.09. The summed E-state index contributed by atoms with van der Waals surface area (Å²) >= 11 is 1.64. The van der Waals surface area contributed by atoms with E-state index in [0.717, 1.165) is 10.5 Å². The zero-order valence-electron chi connectivity index (χ0n) is 12.9. The van der Waals surface area contributed by atoms with Crippen molar-refractivity contribution < 1.29 is 9.53 Å². The van der Waals surface area contributed by atoms with Crippen molar-refractivity contribution in [2.45, 2.75) is 4.90 Å². The number of nitrogens with zero attached hydrogens (tertiary/aromatic N) is 1. The fourth-order valence-electron chi connectivity index (χ4n) is 1.89. The third-order valence-electron chi connectivity index (χ3n) is 3.14. The Morgan fingerprint density at radius 1 is 1.17 bits per heavy atom. The Kier molecular flexibility index (Phi) is 5.84. The van der Waals surface area contributed by atoms with Crippen LogP contribution in [0.25, 0.3) is 6.08 Å². The van der Waals surface area contributed by atoms with E-state index in [1.165, 1.54) is 0 Å². The van der Waals surface area contributed by atoms with Gasteiger partial charge in [0.15, 0.2) is 0 Å². The zero-order valence-corrected chi connectivity index (χ0v) is 13.7. The normalized spacial score (nSPS) is 10.7. The molecule has 2 aromatic carbocycles. The van der Waals surface area contributed by atoms with Crippen LogP contribution in [0.2, 0.25) is 0 Å². The first kappa shape index (κ1) is 16.7. The first-order valence-corrected chi connectivity index (χ1v) is 8.10. The number of rotatable bonds is 5. The van der Waals surface area contributed by atoms with Crippen molar-refractivity contribution >= 4 is 29.4 Å². The summed E-state index contributed by atoms with van der Waals surface area (Å²) in [6.07, 6.45) is 3.57. The summed E-state index contributed by atoms with van der Waals surface area (Å²) in [6.45, 7) is 0. The lowest BCUT2D eigenvalue weighted by molar-refractivity contribution is -0.112. The molecule has 5 heteroatoms. The molecule has 0 spiro atoms. The smallest absolute Gasteiger partial charge is 0.266 e. The summed E-state index contributed by atoms with van der Waals surface area (Å²) in [7, 11) is 1.58. The number of benzene rings is 2. The highest BCUT2D eigenvalue weighted by atomic mass is 32.2. The quantitative estimate of drug-likeness (QED) is 0.514. The van der Waals surface area contributed by atoms with Crippen LogP contribution in [0.3, 0.4) is 0 Å². The van der Waals surface area contributed by atoms with Gasteiger partial charge in [-0.05, 0) is 54.3 Å². The number of amides is 1. The van der Waals surface area contributed by atoms with Crippen LogP contribution in [0.15, 0.2) is 59.0 Å². The van der Waals surface area contributed by atoms with Crippen LogP contribution in [0, 0.1) is 11.3 Å². The predicted octanol–water partition coefficient (Wildman–Crippen LogP) is 3.96. The van der Waals surface area contributed by atoms with Crippen molar-refractivity contribution in [3.05, 3.63) is 59.7 Å². The van der Waals surface area contributed by atoms with Crippen molar-refractivity contribution in [3.63, 3.8) is 0 Å². The largest absolute Gasteiger partial charge is 0.497 e. The van der Waals surface area contributed by atoms with Gasteiger partial charge in [0.25, 0.3) is 5.91 Å².